The molecule has 0 saturated carbocycles. The molecule has 0 aliphatic heterocycles. The first-order valence-electron chi connectivity index (χ1n) is 8.16. The van der Waals surface area contributed by atoms with Crippen molar-refractivity contribution < 1.29 is 0 Å². The van der Waals surface area contributed by atoms with Crippen molar-refractivity contribution in [3.63, 3.8) is 0 Å². The molecule has 3 aromatic rings. The summed E-state index contributed by atoms with van der Waals surface area (Å²) < 4.78 is 2.15. The number of hydrogen-bond donors (Lipinski definition) is 1. The Morgan fingerprint density at radius 2 is 1.87 bits per heavy atom. The van der Waals surface area contributed by atoms with E-state index in [9.17, 15) is 0 Å². The van der Waals surface area contributed by atoms with Crippen molar-refractivity contribution in [3.8, 4) is 0 Å². The molecule has 4 heteroatoms. The Bertz CT molecular complexity index is 748. The van der Waals surface area contributed by atoms with Crippen LogP contribution in [0.25, 0.3) is 5.65 Å². The molecule has 3 rings (SSSR count). The summed E-state index contributed by atoms with van der Waals surface area (Å²) in [6.07, 6.45) is 3.17. The summed E-state index contributed by atoms with van der Waals surface area (Å²) in [4.78, 5) is 7.11. The van der Waals surface area contributed by atoms with Crippen LogP contribution in [0, 0.1) is 6.92 Å². The highest BCUT2D eigenvalue weighted by Crippen LogP contribution is 2.11. The van der Waals surface area contributed by atoms with Gasteiger partial charge in [-0.25, -0.2) is 4.98 Å². The summed E-state index contributed by atoms with van der Waals surface area (Å²) >= 11 is 0. The fraction of sp³-hybridized carbons (Fsp3) is 0.316. The molecule has 2 aromatic heterocycles. The summed E-state index contributed by atoms with van der Waals surface area (Å²) in [5.41, 5.74) is 10.5. The molecule has 0 aliphatic carbocycles. The lowest BCUT2D eigenvalue weighted by atomic mass is 10.1. The third-order valence-corrected chi connectivity index (χ3v) is 4.14. The van der Waals surface area contributed by atoms with E-state index in [-0.39, 0.29) is 0 Å². The monoisotopic (exact) mass is 308 g/mol. The summed E-state index contributed by atoms with van der Waals surface area (Å²) in [6, 6.07) is 16.8. The number of imidazole rings is 1. The van der Waals surface area contributed by atoms with Gasteiger partial charge in [-0.3, -0.25) is 4.90 Å². The maximum atomic E-state index is 5.78. The molecule has 0 spiro atoms. The zero-order valence-corrected chi connectivity index (χ0v) is 13.7. The van der Waals surface area contributed by atoms with Gasteiger partial charge < -0.3 is 10.1 Å². The zero-order valence-electron chi connectivity index (χ0n) is 13.7. The molecule has 2 N–H and O–H groups in total. The van der Waals surface area contributed by atoms with E-state index in [1.54, 1.807) is 0 Å². The van der Waals surface area contributed by atoms with Crippen molar-refractivity contribution in [2.24, 2.45) is 5.73 Å². The standard InChI is InChI=1S/C19H24N4/c1-16-6-5-9-19-21-18(15-23(16)19)14-22(13-11-20)12-10-17-7-3-2-4-8-17/h2-9,15H,10-14,20H2,1H3. The van der Waals surface area contributed by atoms with E-state index >= 15 is 0 Å². The zero-order chi connectivity index (χ0) is 16.1. The predicted molar refractivity (Wildman–Crippen MR) is 94.4 cm³/mol. The van der Waals surface area contributed by atoms with Gasteiger partial charge in [-0.2, -0.15) is 0 Å². The van der Waals surface area contributed by atoms with Gasteiger partial charge in [0.05, 0.1) is 5.69 Å². The number of nitrogens with zero attached hydrogens (tertiary/aromatic N) is 3. The first-order chi connectivity index (χ1) is 11.3. The largest absolute Gasteiger partial charge is 0.329 e. The van der Waals surface area contributed by atoms with Crippen LogP contribution in [0.15, 0.2) is 54.7 Å². The molecule has 23 heavy (non-hydrogen) atoms. The number of rotatable bonds is 7. The minimum absolute atomic E-state index is 0.668. The van der Waals surface area contributed by atoms with Crippen molar-refractivity contribution in [1.82, 2.24) is 14.3 Å². The summed E-state index contributed by atoms with van der Waals surface area (Å²) in [5, 5.41) is 0. The number of aromatic nitrogens is 2. The van der Waals surface area contributed by atoms with Crippen LogP contribution in [0.3, 0.4) is 0 Å². The Hall–Kier alpha value is -2.17. The summed E-state index contributed by atoms with van der Waals surface area (Å²) in [7, 11) is 0. The normalized spacial score (nSPS) is 11.4. The Morgan fingerprint density at radius 1 is 1.04 bits per heavy atom. The van der Waals surface area contributed by atoms with Gasteiger partial charge in [0, 0.05) is 38.1 Å². The third-order valence-electron chi connectivity index (χ3n) is 4.14. The van der Waals surface area contributed by atoms with Crippen LogP contribution in [0.5, 0.6) is 0 Å². The molecule has 0 fully saturated rings. The molecule has 1 aromatic carbocycles. The topological polar surface area (TPSA) is 46.6 Å². The van der Waals surface area contributed by atoms with Gasteiger partial charge >= 0.3 is 0 Å². The molecule has 0 atom stereocenters. The molecular weight excluding hydrogens is 284 g/mol. The van der Waals surface area contributed by atoms with Gasteiger partial charge in [0.25, 0.3) is 0 Å². The SMILES string of the molecule is Cc1cccc2nc(CN(CCN)CCc3ccccc3)cn12. The van der Waals surface area contributed by atoms with E-state index in [2.05, 4.69) is 64.9 Å². The number of fused-ring (bicyclic) bond motifs is 1. The second-order valence-corrected chi connectivity index (χ2v) is 5.93. The molecule has 4 nitrogen and oxygen atoms in total. The first kappa shape index (κ1) is 15.7. The molecule has 0 amide bonds. The van der Waals surface area contributed by atoms with Gasteiger partial charge in [0.1, 0.15) is 5.65 Å². The number of nitrogens with two attached hydrogens (primary N) is 1. The van der Waals surface area contributed by atoms with E-state index in [1.165, 1.54) is 11.3 Å². The lowest BCUT2D eigenvalue weighted by Gasteiger charge is -2.20. The van der Waals surface area contributed by atoms with Crippen LogP contribution in [-0.4, -0.2) is 33.9 Å². The van der Waals surface area contributed by atoms with Gasteiger partial charge in [0.15, 0.2) is 0 Å². The molecule has 0 bridgehead atoms. The smallest absolute Gasteiger partial charge is 0.137 e. The molecular formula is C19H24N4. The molecule has 0 saturated heterocycles. The fourth-order valence-corrected chi connectivity index (χ4v) is 2.89. The van der Waals surface area contributed by atoms with Crippen LogP contribution < -0.4 is 5.73 Å². The van der Waals surface area contributed by atoms with Gasteiger partial charge in [-0.1, -0.05) is 36.4 Å². The lowest BCUT2D eigenvalue weighted by Crippen LogP contribution is -2.31. The number of pyridine rings is 1. The van der Waals surface area contributed by atoms with Crippen molar-refractivity contribution in [3.05, 3.63) is 71.7 Å². The van der Waals surface area contributed by atoms with E-state index < -0.39 is 0 Å². The van der Waals surface area contributed by atoms with Crippen molar-refractivity contribution in [2.75, 3.05) is 19.6 Å². The van der Waals surface area contributed by atoms with Crippen LogP contribution >= 0.6 is 0 Å². The quantitative estimate of drug-likeness (QED) is 0.730. The van der Waals surface area contributed by atoms with Crippen LogP contribution in [0.4, 0.5) is 0 Å². The first-order valence-corrected chi connectivity index (χ1v) is 8.16. The second-order valence-electron chi connectivity index (χ2n) is 5.93. The molecule has 0 radical (unpaired) electrons. The van der Waals surface area contributed by atoms with Crippen LogP contribution in [0.2, 0.25) is 0 Å². The average molecular weight is 308 g/mol. The molecule has 0 unspecified atom stereocenters. The number of aryl methyl sites for hydroxylation is 1. The van der Waals surface area contributed by atoms with Crippen molar-refractivity contribution in [2.45, 2.75) is 19.9 Å². The third kappa shape index (κ3) is 3.97. The van der Waals surface area contributed by atoms with Crippen LogP contribution in [-0.2, 0) is 13.0 Å². The Morgan fingerprint density at radius 3 is 2.61 bits per heavy atom. The maximum Gasteiger partial charge on any atom is 0.137 e. The van der Waals surface area contributed by atoms with E-state index in [4.69, 9.17) is 10.7 Å². The fourth-order valence-electron chi connectivity index (χ4n) is 2.89. The Labute approximate surface area is 137 Å². The highest BCUT2D eigenvalue weighted by atomic mass is 15.1. The summed E-state index contributed by atoms with van der Waals surface area (Å²) in [6.45, 7) is 5.49. The molecule has 0 aliphatic rings. The number of benzene rings is 1. The lowest BCUT2D eigenvalue weighted by molar-refractivity contribution is 0.273. The highest BCUT2D eigenvalue weighted by molar-refractivity contribution is 5.41. The minimum atomic E-state index is 0.668. The maximum absolute atomic E-state index is 5.78. The average Bonchev–Trinajstić information content (AvgIpc) is 2.98. The summed E-state index contributed by atoms with van der Waals surface area (Å²) in [5.74, 6) is 0. The number of hydrogen-bond acceptors (Lipinski definition) is 3. The van der Waals surface area contributed by atoms with Crippen molar-refractivity contribution in [1.29, 1.82) is 0 Å². The Kier molecular flexibility index (Phi) is 5.05. The van der Waals surface area contributed by atoms with E-state index in [0.717, 1.165) is 37.4 Å². The van der Waals surface area contributed by atoms with Crippen LogP contribution in [0.1, 0.15) is 17.0 Å². The van der Waals surface area contributed by atoms with E-state index in [1.807, 2.05) is 6.07 Å². The Balaban J connectivity index is 1.69. The highest BCUT2D eigenvalue weighted by Gasteiger charge is 2.09. The molecule has 120 valence electrons. The predicted octanol–water partition coefficient (Wildman–Crippen LogP) is 2.65. The van der Waals surface area contributed by atoms with Crippen molar-refractivity contribution >= 4 is 5.65 Å². The van der Waals surface area contributed by atoms with E-state index in [0.29, 0.717) is 6.54 Å². The molecule has 2 heterocycles. The van der Waals surface area contributed by atoms with Gasteiger partial charge in [0.2, 0.25) is 0 Å². The van der Waals surface area contributed by atoms with Gasteiger partial charge in [-0.05, 0) is 31.0 Å². The van der Waals surface area contributed by atoms with Gasteiger partial charge in [-0.15, -0.1) is 0 Å². The second kappa shape index (κ2) is 7.40. The minimum Gasteiger partial charge on any atom is -0.329 e.